The Balaban J connectivity index is 1.68. The minimum absolute atomic E-state index is 0.114. The molecule has 0 aliphatic heterocycles. The zero-order chi connectivity index (χ0) is 16.5. The molecule has 130 valence electrons. The van der Waals surface area contributed by atoms with Crippen molar-refractivity contribution in [3.05, 3.63) is 11.6 Å². The third-order valence-corrected chi connectivity index (χ3v) is 8.98. The van der Waals surface area contributed by atoms with E-state index in [2.05, 4.69) is 26.8 Å². The Kier molecular flexibility index (Phi) is 3.57. The highest BCUT2D eigenvalue weighted by Crippen LogP contribution is 2.67. The number of aliphatic hydroxyl groups is 2. The molecule has 7 atom stereocenters. The van der Waals surface area contributed by atoms with E-state index in [4.69, 9.17) is 0 Å². The fraction of sp³-hybridized carbons (Fsp3) is 0.905. The lowest BCUT2D eigenvalue weighted by Gasteiger charge is -2.59. The second-order valence-corrected chi connectivity index (χ2v) is 9.54. The first kappa shape index (κ1) is 16.1. The lowest BCUT2D eigenvalue weighted by atomic mass is 9.47. The van der Waals surface area contributed by atoms with Gasteiger partial charge in [0.1, 0.15) is 0 Å². The summed E-state index contributed by atoms with van der Waals surface area (Å²) >= 11 is 0. The van der Waals surface area contributed by atoms with Gasteiger partial charge in [0.05, 0.1) is 11.7 Å². The number of hydrogen-bond acceptors (Lipinski definition) is 2. The molecule has 2 N–H and O–H groups in total. The SMILES string of the molecule is CC[C@]1(O)CC[C@H]2[C@H]3CC=C4C[C@@H](O)CC[C@]4(C)[C@@H]3CC[C@@]21C. The average Bonchev–Trinajstić information content (AvgIpc) is 2.80. The van der Waals surface area contributed by atoms with Crippen LogP contribution in [0.2, 0.25) is 0 Å². The van der Waals surface area contributed by atoms with Gasteiger partial charge in [-0.05, 0) is 86.4 Å². The Hall–Kier alpha value is -0.340. The van der Waals surface area contributed by atoms with Gasteiger partial charge in [-0.1, -0.05) is 32.4 Å². The van der Waals surface area contributed by atoms with E-state index in [-0.39, 0.29) is 11.5 Å². The standard InChI is InChI=1S/C21H34O2/c1-4-21(23)12-9-18-16-6-5-14-13-15(22)7-10-19(14,2)17(16)8-11-20(18,21)3/h5,15-18,22-23H,4,6-13H2,1-3H3/t15-,16-,17+,18-,19-,20-,21-/m0/s1. The Labute approximate surface area is 141 Å². The summed E-state index contributed by atoms with van der Waals surface area (Å²) in [6.07, 6.45) is 12.2. The zero-order valence-corrected chi connectivity index (χ0v) is 15.1. The van der Waals surface area contributed by atoms with E-state index in [1.54, 1.807) is 5.57 Å². The molecular formula is C21H34O2. The Bertz CT molecular complexity index is 526. The van der Waals surface area contributed by atoms with E-state index in [1.807, 2.05) is 0 Å². The largest absolute Gasteiger partial charge is 0.393 e. The van der Waals surface area contributed by atoms with Crippen molar-refractivity contribution >= 4 is 0 Å². The molecule has 0 radical (unpaired) electrons. The third kappa shape index (κ3) is 2.00. The van der Waals surface area contributed by atoms with Crippen LogP contribution in [0.5, 0.6) is 0 Å². The molecule has 0 saturated heterocycles. The second kappa shape index (κ2) is 5.08. The van der Waals surface area contributed by atoms with E-state index in [0.717, 1.165) is 43.9 Å². The van der Waals surface area contributed by atoms with E-state index < -0.39 is 5.60 Å². The van der Waals surface area contributed by atoms with Crippen molar-refractivity contribution in [2.45, 2.75) is 90.3 Å². The molecule has 4 rings (SSSR count). The molecule has 0 unspecified atom stereocenters. The predicted molar refractivity (Wildman–Crippen MR) is 93.0 cm³/mol. The smallest absolute Gasteiger partial charge is 0.0701 e. The van der Waals surface area contributed by atoms with Gasteiger partial charge in [-0.25, -0.2) is 0 Å². The monoisotopic (exact) mass is 318 g/mol. The first-order valence-corrected chi connectivity index (χ1v) is 9.94. The molecule has 0 bridgehead atoms. The molecule has 0 aromatic carbocycles. The van der Waals surface area contributed by atoms with Crippen LogP contribution in [-0.4, -0.2) is 21.9 Å². The molecule has 4 aliphatic rings. The van der Waals surface area contributed by atoms with Gasteiger partial charge in [0.2, 0.25) is 0 Å². The fourth-order valence-electron chi connectivity index (χ4n) is 7.33. The number of hydrogen-bond donors (Lipinski definition) is 2. The lowest BCUT2D eigenvalue weighted by molar-refractivity contribution is -0.125. The number of aliphatic hydroxyl groups excluding tert-OH is 1. The molecule has 0 spiro atoms. The Morgan fingerprint density at radius 1 is 1.09 bits per heavy atom. The van der Waals surface area contributed by atoms with Crippen molar-refractivity contribution < 1.29 is 10.2 Å². The van der Waals surface area contributed by atoms with Gasteiger partial charge in [-0.15, -0.1) is 0 Å². The molecule has 0 heterocycles. The van der Waals surface area contributed by atoms with Crippen LogP contribution < -0.4 is 0 Å². The minimum Gasteiger partial charge on any atom is -0.393 e. The number of fused-ring (bicyclic) bond motifs is 5. The van der Waals surface area contributed by atoms with Crippen LogP contribution in [0, 0.1) is 28.6 Å². The normalized spacial score (nSPS) is 55.6. The van der Waals surface area contributed by atoms with Gasteiger partial charge < -0.3 is 10.2 Å². The average molecular weight is 319 g/mol. The molecule has 0 aromatic rings. The fourth-order valence-corrected chi connectivity index (χ4v) is 7.33. The van der Waals surface area contributed by atoms with Gasteiger partial charge >= 0.3 is 0 Å². The molecule has 0 aromatic heterocycles. The van der Waals surface area contributed by atoms with Gasteiger partial charge in [0, 0.05) is 0 Å². The van der Waals surface area contributed by atoms with Crippen LogP contribution in [0.3, 0.4) is 0 Å². The first-order valence-electron chi connectivity index (χ1n) is 9.94. The maximum Gasteiger partial charge on any atom is 0.0701 e. The maximum absolute atomic E-state index is 11.2. The van der Waals surface area contributed by atoms with Crippen LogP contribution >= 0.6 is 0 Å². The summed E-state index contributed by atoms with van der Waals surface area (Å²) in [5, 5.41) is 21.3. The summed E-state index contributed by atoms with van der Waals surface area (Å²) in [5.41, 5.74) is 1.55. The third-order valence-electron chi connectivity index (χ3n) is 8.98. The van der Waals surface area contributed by atoms with Gasteiger partial charge in [-0.3, -0.25) is 0 Å². The molecule has 3 saturated carbocycles. The van der Waals surface area contributed by atoms with Crippen molar-refractivity contribution in [2.75, 3.05) is 0 Å². The second-order valence-electron chi connectivity index (χ2n) is 9.54. The molecule has 23 heavy (non-hydrogen) atoms. The quantitative estimate of drug-likeness (QED) is 0.701. The van der Waals surface area contributed by atoms with Gasteiger partial charge in [-0.2, -0.15) is 0 Å². The van der Waals surface area contributed by atoms with Crippen molar-refractivity contribution in [1.82, 2.24) is 0 Å². The van der Waals surface area contributed by atoms with E-state index in [0.29, 0.717) is 11.3 Å². The van der Waals surface area contributed by atoms with Crippen molar-refractivity contribution in [3.63, 3.8) is 0 Å². The maximum atomic E-state index is 11.2. The highest BCUT2D eigenvalue weighted by atomic mass is 16.3. The molecule has 2 heteroatoms. The summed E-state index contributed by atoms with van der Waals surface area (Å²) < 4.78 is 0. The zero-order valence-electron chi connectivity index (χ0n) is 15.1. The Morgan fingerprint density at radius 3 is 2.57 bits per heavy atom. The van der Waals surface area contributed by atoms with Crippen molar-refractivity contribution in [2.24, 2.45) is 28.6 Å². The van der Waals surface area contributed by atoms with Crippen LogP contribution in [0.4, 0.5) is 0 Å². The Morgan fingerprint density at radius 2 is 1.83 bits per heavy atom. The van der Waals surface area contributed by atoms with Crippen molar-refractivity contribution in [3.8, 4) is 0 Å². The van der Waals surface area contributed by atoms with Gasteiger partial charge in [0.15, 0.2) is 0 Å². The van der Waals surface area contributed by atoms with E-state index in [9.17, 15) is 10.2 Å². The molecular weight excluding hydrogens is 284 g/mol. The topological polar surface area (TPSA) is 40.5 Å². The molecule has 3 fully saturated rings. The van der Waals surface area contributed by atoms with Crippen LogP contribution in [-0.2, 0) is 0 Å². The molecule has 2 nitrogen and oxygen atoms in total. The van der Waals surface area contributed by atoms with Crippen LogP contribution in [0.25, 0.3) is 0 Å². The minimum atomic E-state index is -0.434. The van der Waals surface area contributed by atoms with E-state index in [1.165, 1.54) is 25.7 Å². The van der Waals surface area contributed by atoms with Crippen LogP contribution in [0.1, 0.15) is 78.6 Å². The predicted octanol–water partition coefficient (Wildman–Crippen LogP) is 4.45. The first-order chi connectivity index (χ1) is 10.8. The summed E-state index contributed by atoms with van der Waals surface area (Å²) in [6.45, 7) is 7.03. The van der Waals surface area contributed by atoms with Crippen molar-refractivity contribution in [1.29, 1.82) is 0 Å². The summed E-state index contributed by atoms with van der Waals surface area (Å²) in [5.74, 6) is 2.21. The van der Waals surface area contributed by atoms with E-state index >= 15 is 0 Å². The molecule has 4 aliphatic carbocycles. The summed E-state index contributed by atoms with van der Waals surface area (Å²) in [7, 11) is 0. The number of allylic oxidation sites excluding steroid dienone is 1. The summed E-state index contributed by atoms with van der Waals surface area (Å²) in [6, 6.07) is 0. The summed E-state index contributed by atoms with van der Waals surface area (Å²) in [4.78, 5) is 0. The molecule has 0 amide bonds. The van der Waals surface area contributed by atoms with Crippen LogP contribution in [0.15, 0.2) is 11.6 Å². The highest BCUT2D eigenvalue weighted by molar-refractivity contribution is 5.26. The van der Waals surface area contributed by atoms with Gasteiger partial charge in [0.25, 0.3) is 0 Å². The number of rotatable bonds is 1. The lowest BCUT2D eigenvalue weighted by Crippen LogP contribution is -2.54. The highest BCUT2D eigenvalue weighted by Gasteiger charge is 2.62.